The number of nitrogens with zero attached hydrogens (tertiary/aromatic N) is 2. The molecule has 2 heterocycles. The second kappa shape index (κ2) is 11.8. The standard InChI is InChI=1S/2C21H14N.2CH3.2ClH.H2Si.Zr/c2*1-2-9-16(10-3-1)22-19-13-7-6-12-18(19)21-17-11-5-4-8-15(17)14-20(21)22;;;;;;/h2*1-11,13H,14H2;2*1H3;2*1H;1H2;. The average molecular weight is 785 g/mol. The molecular formula is C44H38Cl2N2SiZr. The first-order chi connectivity index (χ1) is 23.4. The van der Waals surface area contributed by atoms with Crippen molar-refractivity contribution in [3.8, 4) is 33.6 Å². The third-order valence-electron chi connectivity index (χ3n) is 11.2. The van der Waals surface area contributed by atoms with Gasteiger partial charge in [0.2, 0.25) is 0 Å². The van der Waals surface area contributed by atoms with E-state index in [0.717, 1.165) is 12.8 Å². The molecule has 8 aromatic rings. The first kappa shape index (κ1) is 33.2. The maximum absolute atomic E-state index is 4.04. The molecule has 10 rings (SSSR count). The van der Waals surface area contributed by atoms with Crippen LogP contribution in [0.15, 0.2) is 146 Å². The van der Waals surface area contributed by atoms with Gasteiger partial charge in [0.25, 0.3) is 0 Å². The fraction of sp³-hybridized carbons (Fsp3) is 0.0909. The van der Waals surface area contributed by atoms with E-state index in [1.54, 1.807) is 6.54 Å². The Balaban J connectivity index is 0.00000180. The molecule has 0 saturated carbocycles. The second-order valence-corrected chi connectivity index (χ2v) is 43.1. The monoisotopic (exact) mass is 782 g/mol. The summed E-state index contributed by atoms with van der Waals surface area (Å²) < 4.78 is 13.6. The molecule has 0 saturated heterocycles. The Morgan fingerprint density at radius 1 is 0.460 bits per heavy atom. The van der Waals surface area contributed by atoms with Gasteiger partial charge in [-0.15, -0.1) is 24.8 Å². The first-order valence-electron chi connectivity index (χ1n) is 17.1. The number of aromatic nitrogens is 2. The molecule has 0 unspecified atom stereocenters. The Labute approximate surface area is 308 Å². The normalized spacial score (nSPS) is 12.9. The molecule has 0 atom stereocenters. The van der Waals surface area contributed by atoms with E-state index in [1.807, 2.05) is 0 Å². The molecule has 0 spiro atoms. The molecule has 0 fully saturated rings. The van der Waals surface area contributed by atoms with E-state index in [9.17, 15) is 0 Å². The van der Waals surface area contributed by atoms with Crippen LogP contribution in [0.5, 0.6) is 0 Å². The third-order valence-corrected chi connectivity index (χ3v) is 26.3. The van der Waals surface area contributed by atoms with Gasteiger partial charge in [0, 0.05) is 0 Å². The van der Waals surface area contributed by atoms with Crippen molar-refractivity contribution in [2.24, 2.45) is 0 Å². The molecule has 50 heavy (non-hydrogen) atoms. The summed E-state index contributed by atoms with van der Waals surface area (Å²) in [7, 11) is 0. The summed E-state index contributed by atoms with van der Waals surface area (Å²) in [6, 6.07) is 54.5. The zero-order chi connectivity index (χ0) is 32.2. The summed E-state index contributed by atoms with van der Waals surface area (Å²) in [6.07, 6.45) is 1.91. The van der Waals surface area contributed by atoms with E-state index in [1.165, 1.54) is 77.9 Å². The van der Waals surface area contributed by atoms with Crippen molar-refractivity contribution in [2.75, 3.05) is 0 Å². The van der Waals surface area contributed by atoms with Gasteiger partial charge in [0.05, 0.1) is 0 Å². The number of benzene rings is 6. The van der Waals surface area contributed by atoms with Gasteiger partial charge in [-0.2, -0.15) is 0 Å². The number of fused-ring (bicyclic) bond motifs is 10. The van der Waals surface area contributed by atoms with Gasteiger partial charge >= 0.3 is 286 Å². The number of rotatable bonds is 4. The molecule has 0 aliphatic heterocycles. The number of para-hydroxylation sites is 2. The van der Waals surface area contributed by atoms with Crippen LogP contribution in [0.1, 0.15) is 22.5 Å². The van der Waals surface area contributed by atoms with Crippen molar-refractivity contribution in [2.45, 2.75) is 22.1 Å². The van der Waals surface area contributed by atoms with Crippen molar-refractivity contribution < 1.29 is 17.4 Å². The Hall–Kier alpha value is -3.92. The van der Waals surface area contributed by atoms with E-state index in [4.69, 9.17) is 0 Å². The molecule has 6 aromatic carbocycles. The number of halogens is 2. The van der Waals surface area contributed by atoms with Crippen molar-refractivity contribution in [3.05, 3.63) is 168 Å². The fourth-order valence-electron chi connectivity index (χ4n) is 9.12. The van der Waals surface area contributed by atoms with Gasteiger partial charge in [-0.1, -0.05) is 0 Å². The van der Waals surface area contributed by atoms with Gasteiger partial charge in [-0.05, 0) is 0 Å². The van der Waals surface area contributed by atoms with Crippen LogP contribution in [0, 0.1) is 0 Å². The molecule has 0 bridgehead atoms. The van der Waals surface area contributed by atoms with Crippen molar-refractivity contribution >= 4 is 60.0 Å². The predicted molar refractivity (Wildman–Crippen MR) is 217 cm³/mol. The van der Waals surface area contributed by atoms with Crippen LogP contribution in [0.25, 0.3) is 55.4 Å². The van der Waals surface area contributed by atoms with Gasteiger partial charge in [-0.3, -0.25) is 0 Å². The van der Waals surface area contributed by atoms with Crippen LogP contribution in [-0.4, -0.2) is 16.0 Å². The Morgan fingerprint density at radius 2 is 0.840 bits per heavy atom. The fourth-order valence-corrected chi connectivity index (χ4v) is 21.6. The van der Waals surface area contributed by atoms with Gasteiger partial charge < -0.3 is 0 Å². The molecule has 0 amide bonds. The van der Waals surface area contributed by atoms with E-state index in [0.29, 0.717) is 0 Å². The van der Waals surface area contributed by atoms with Gasteiger partial charge in [-0.25, -0.2) is 0 Å². The maximum atomic E-state index is 2.68. The molecule has 0 N–H and O–H groups in total. The summed E-state index contributed by atoms with van der Waals surface area (Å²) in [6.45, 7) is 2.36. The predicted octanol–water partition coefficient (Wildman–Crippen LogP) is 9.85. The minimum absolute atomic E-state index is 0. The molecule has 2 nitrogen and oxygen atoms in total. The van der Waals surface area contributed by atoms with Gasteiger partial charge in [0.15, 0.2) is 0 Å². The molecule has 2 aliphatic carbocycles. The van der Waals surface area contributed by atoms with Crippen LogP contribution in [0.4, 0.5) is 0 Å². The SMILES string of the molecule is Cl.Cl.[CH3][Zr]([CH3])(=[SiH2])([c]1cccc2c1c1c(n2-c2ccccc2)Cc2ccccc2-1)[c]1cccc2c1c1c(n2-c2ccccc2)Cc2ccccc2-1. The minimum atomic E-state index is -4.04. The summed E-state index contributed by atoms with van der Waals surface area (Å²) >= 11 is -4.04. The van der Waals surface area contributed by atoms with Gasteiger partial charge in [0.1, 0.15) is 0 Å². The van der Waals surface area contributed by atoms with Crippen molar-refractivity contribution in [1.82, 2.24) is 9.13 Å². The van der Waals surface area contributed by atoms with Crippen LogP contribution in [0.2, 0.25) is 9.26 Å². The summed E-state index contributed by atoms with van der Waals surface area (Å²) in [4.78, 5) is 0. The Bertz CT molecular complexity index is 2520. The Morgan fingerprint density at radius 3 is 1.26 bits per heavy atom. The molecule has 6 heteroatoms. The Kier molecular flexibility index (Phi) is 7.86. The van der Waals surface area contributed by atoms with Crippen molar-refractivity contribution in [1.29, 1.82) is 0 Å². The number of hydrogen-bond donors (Lipinski definition) is 0. The molecule has 246 valence electrons. The van der Waals surface area contributed by atoms with Crippen molar-refractivity contribution in [3.63, 3.8) is 0 Å². The molecule has 0 radical (unpaired) electrons. The summed E-state index contributed by atoms with van der Waals surface area (Å²) in [5.41, 5.74) is 16.5. The van der Waals surface area contributed by atoms with Crippen LogP contribution >= 0.6 is 24.8 Å². The topological polar surface area (TPSA) is 9.86 Å². The number of hydrogen-bond acceptors (Lipinski definition) is 0. The first-order valence-corrected chi connectivity index (χ1v) is 30.4. The van der Waals surface area contributed by atoms with E-state index >= 15 is 0 Å². The van der Waals surface area contributed by atoms with E-state index in [2.05, 4.69) is 171 Å². The van der Waals surface area contributed by atoms with E-state index < -0.39 is 17.4 Å². The van der Waals surface area contributed by atoms with E-state index in [-0.39, 0.29) is 24.8 Å². The quantitative estimate of drug-likeness (QED) is 0.157. The zero-order valence-electron chi connectivity index (χ0n) is 28.2. The molecular weight excluding hydrogens is 747 g/mol. The van der Waals surface area contributed by atoms with Crippen LogP contribution < -0.4 is 6.54 Å². The summed E-state index contributed by atoms with van der Waals surface area (Å²) in [5.74, 6) is 0. The second-order valence-electron chi connectivity index (χ2n) is 14.7. The zero-order valence-corrected chi connectivity index (χ0v) is 33.7. The van der Waals surface area contributed by atoms with Crippen LogP contribution in [-0.2, 0) is 30.2 Å². The van der Waals surface area contributed by atoms with Crippen LogP contribution in [0.3, 0.4) is 0 Å². The third kappa shape index (κ3) is 4.55. The molecule has 2 aromatic heterocycles. The molecule has 2 aliphatic rings. The summed E-state index contributed by atoms with van der Waals surface area (Å²) in [5, 5.41) is 2.92. The average Bonchev–Trinajstić information content (AvgIpc) is 3.84.